The summed E-state index contributed by atoms with van der Waals surface area (Å²) in [7, 11) is 1.29. The topological polar surface area (TPSA) is 161 Å². The van der Waals surface area contributed by atoms with E-state index in [1.165, 1.54) is 19.2 Å². The van der Waals surface area contributed by atoms with Crippen LogP contribution >= 0.6 is 24.0 Å². The Kier molecular flexibility index (Phi) is 10.6. The lowest BCUT2D eigenvalue weighted by molar-refractivity contribution is -0.119. The van der Waals surface area contributed by atoms with Crippen molar-refractivity contribution in [2.45, 2.75) is 0 Å². The standard InChI is InChI=1S/C19H21N5O6S3/c1-30-18(27)12-2-4-14(5-3-12)21-19(31)23-22-17(26)11-32-10-16(25)20-13-6-8-15(9-7-13)24-33(28)29/h2-9,24H,10-11H2,1H3,(H,20,25)(H,22,26)(H,28,29)(H2,21,23,31)/p-1. The first-order valence-corrected chi connectivity index (χ1v) is 11.8. The van der Waals surface area contributed by atoms with Crippen LogP contribution in [0.3, 0.4) is 0 Å². The summed E-state index contributed by atoms with van der Waals surface area (Å²) in [5, 5.41) is 5.62. The second kappa shape index (κ2) is 13.4. The fourth-order valence-corrected chi connectivity index (χ4v) is 3.40. The molecule has 33 heavy (non-hydrogen) atoms. The second-order valence-corrected chi connectivity index (χ2v) is 8.22. The van der Waals surface area contributed by atoms with Crippen LogP contribution in [-0.4, -0.2) is 50.3 Å². The smallest absolute Gasteiger partial charge is 0.337 e. The maximum atomic E-state index is 12.0. The zero-order valence-electron chi connectivity index (χ0n) is 17.2. The molecule has 1 unspecified atom stereocenters. The molecule has 2 rings (SSSR count). The average Bonchev–Trinajstić information content (AvgIpc) is 2.78. The van der Waals surface area contributed by atoms with Gasteiger partial charge in [0.15, 0.2) is 5.11 Å². The molecule has 176 valence electrons. The molecular formula is C19H20N5O6S3-. The van der Waals surface area contributed by atoms with Crippen molar-refractivity contribution in [1.29, 1.82) is 0 Å². The summed E-state index contributed by atoms with van der Waals surface area (Å²) in [5.74, 6) is -1.12. The number of thioether (sulfide) groups is 1. The molecule has 0 aromatic heterocycles. The Hall–Kier alpha value is -3.20. The molecule has 2 aromatic carbocycles. The number of esters is 1. The van der Waals surface area contributed by atoms with E-state index in [1.807, 2.05) is 0 Å². The number of methoxy groups -OCH3 is 1. The van der Waals surface area contributed by atoms with Crippen molar-refractivity contribution >= 4 is 75.2 Å². The van der Waals surface area contributed by atoms with Gasteiger partial charge in [-0.1, -0.05) is 0 Å². The number of nitrogens with one attached hydrogen (secondary N) is 5. The first-order chi connectivity index (χ1) is 15.8. The molecule has 2 amide bonds. The van der Waals surface area contributed by atoms with Gasteiger partial charge < -0.3 is 24.6 Å². The maximum absolute atomic E-state index is 12.0. The fourth-order valence-electron chi connectivity index (χ4n) is 2.28. The van der Waals surface area contributed by atoms with Crippen molar-refractivity contribution in [3.05, 3.63) is 54.1 Å². The third-order valence-electron chi connectivity index (χ3n) is 3.72. The van der Waals surface area contributed by atoms with E-state index in [4.69, 9.17) is 12.2 Å². The number of amides is 2. The first kappa shape index (κ1) is 26.1. The molecule has 0 saturated heterocycles. The van der Waals surface area contributed by atoms with Crippen LogP contribution in [0.5, 0.6) is 0 Å². The molecule has 0 saturated carbocycles. The summed E-state index contributed by atoms with van der Waals surface area (Å²) in [5.41, 5.74) is 6.80. The van der Waals surface area contributed by atoms with E-state index in [0.717, 1.165) is 11.8 Å². The number of carbonyl (C=O) groups is 3. The van der Waals surface area contributed by atoms with Gasteiger partial charge in [0.2, 0.25) is 11.8 Å². The zero-order chi connectivity index (χ0) is 24.2. The fraction of sp³-hybridized carbons (Fsp3) is 0.158. The van der Waals surface area contributed by atoms with Crippen LogP contribution in [0.15, 0.2) is 48.5 Å². The van der Waals surface area contributed by atoms with Crippen LogP contribution in [0.25, 0.3) is 0 Å². The van der Waals surface area contributed by atoms with Gasteiger partial charge in [0, 0.05) is 28.3 Å². The molecule has 0 aliphatic carbocycles. The van der Waals surface area contributed by atoms with E-state index in [1.54, 1.807) is 36.4 Å². The van der Waals surface area contributed by atoms with Crippen molar-refractivity contribution < 1.29 is 27.9 Å². The van der Waals surface area contributed by atoms with E-state index in [0.29, 0.717) is 22.6 Å². The molecule has 0 bridgehead atoms. The number of thiocarbonyl (C=S) groups is 1. The summed E-state index contributed by atoms with van der Waals surface area (Å²) in [6, 6.07) is 12.5. The number of benzene rings is 2. The Morgan fingerprint density at radius 3 is 2.06 bits per heavy atom. The average molecular weight is 511 g/mol. The van der Waals surface area contributed by atoms with Crippen molar-refractivity contribution in [2.75, 3.05) is 34.0 Å². The van der Waals surface area contributed by atoms with Gasteiger partial charge in [0.05, 0.1) is 24.2 Å². The van der Waals surface area contributed by atoms with Gasteiger partial charge in [-0.3, -0.25) is 24.6 Å². The van der Waals surface area contributed by atoms with Gasteiger partial charge in [-0.2, -0.15) is 0 Å². The van der Waals surface area contributed by atoms with Gasteiger partial charge in [0.25, 0.3) is 0 Å². The van der Waals surface area contributed by atoms with Crippen LogP contribution in [0.4, 0.5) is 17.1 Å². The Morgan fingerprint density at radius 2 is 1.45 bits per heavy atom. The largest absolute Gasteiger partial charge is 0.755 e. The second-order valence-electron chi connectivity index (χ2n) is 6.15. The molecule has 11 nitrogen and oxygen atoms in total. The molecule has 0 aliphatic rings. The van der Waals surface area contributed by atoms with Gasteiger partial charge in [-0.25, -0.2) is 4.79 Å². The SMILES string of the molecule is COC(=O)c1ccc(NC(=S)NNC(=O)CSCC(=O)Nc2ccc(NS(=O)[O-])cc2)cc1. The normalized spacial score (nSPS) is 11.0. The molecule has 0 aliphatic heterocycles. The van der Waals surface area contributed by atoms with Crippen LogP contribution in [0.1, 0.15) is 10.4 Å². The van der Waals surface area contributed by atoms with Crippen LogP contribution in [0, 0.1) is 0 Å². The number of hydrogen-bond acceptors (Lipinski definition) is 8. The Bertz CT molecular complexity index is 1020. The minimum atomic E-state index is -2.42. The summed E-state index contributed by atoms with van der Waals surface area (Å²) in [4.78, 5) is 35.3. The highest BCUT2D eigenvalue weighted by Gasteiger charge is 2.08. The van der Waals surface area contributed by atoms with Crippen molar-refractivity contribution in [3.8, 4) is 0 Å². The van der Waals surface area contributed by atoms with Crippen LogP contribution < -0.4 is 26.2 Å². The number of hydrazine groups is 1. The van der Waals surface area contributed by atoms with Crippen LogP contribution in [0.2, 0.25) is 0 Å². The molecule has 0 spiro atoms. The highest BCUT2D eigenvalue weighted by Crippen LogP contribution is 2.14. The minimum absolute atomic E-state index is 0.00896. The third-order valence-corrected chi connectivity index (χ3v) is 5.25. The zero-order valence-corrected chi connectivity index (χ0v) is 19.7. The number of anilines is 3. The van der Waals surface area contributed by atoms with E-state index < -0.39 is 17.2 Å². The van der Waals surface area contributed by atoms with Crippen molar-refractivity contribution in [2.24, 2.45) is 0 Å². The predicted molar refractivity (Wildman–Crippen MR) is 130 cm³/mol. The highest BCUT2D eigenvalue weighted by atomic mass is 32.2. The lowest BCUT2D eigenvalue weighted by Crippen LogP contribution is -2.44. The van der Waals surface area contributed by atoms with E-state index in [2.05, 4.69) is 30.9 Å². The molecule has 14 heteroatoms. The van der Waals surface area contributed by atoms with E-state index in [-0.39, 0.29) is 28.4 Å². The number of ether oxygens (including phenoxy) is 1. The molecule has 0 fully saturated rings. The quantitative estimate of drug-likeness (QED) is 0.144. The summed E-state index contributed by atoms with van der Waals surface area (Å²) in [6.45, 7) is 0. The van der Waals surface area contributed by atoms with E-state index >= 15 is 0 Å². The van der Waals surface area contributed by atoms with Crippen molar-refractivity contribution in [3.63, 3.8) is 0 Å². The molecule has 5 N–H and O–H groups in total. The molecular weight excluding hydrogens is 490 g/mol. The monoisotopic (exact) mass is 510 g/mol. The van der Waals surface area contributed by atoms with Crippen molar-refractivity contribution in [1.82, 2.24) is 10.9 Å². The summed E-state index contributed by atoms with van der Waals surface area (Å²) >= 11 is 3.76. The third kappa shape index (κ3) is 9.86. The molecule has 0 radical (unpaired) electrons. The van der Waals surface area contributed by atoms with Gasteiger partial charge >= 0.3 is 5.97 Å². The minimum Gasteiger partial charge on any atom is -0.755 e. The number of carbonyl (C=O) groups excluding carboxylic acids is 3. The lowest BCUT2D eigenvalue weighted by atomic mass is 10.2. The summed E-state index contributed by atoms with van der Waals surface area (Å²) in [6.07, 6.45) is 0. The van der Waals surface area contributed by atoms with Crippen LogP contribution in [-0.2, 0) is 25.6 Å². The molecule has 1 atom stereocenters. The van der Waals surface area contributed by atoms with Gasteiger partial charge in [-0.05, 0) is 60.7 Å². The number of rotatable bonds is 9. The summed E-state index contributed by atoms with van der Waals surface area (Å²) < 4.78 is 27.9. The Labute approximate surface area is 201 Å². The predicted octanol–water partition coefficient (Wildman–Crippen LogP) is 1.37. The van der Waals surface area contributed by atoms with Gasteiger partial charge in [-0.15, -0.1) is 11.8 Å². The first-order valence-electron chi connectivity index (χ1n) is 9.14. The Morgan fingerprint density at radius 1 is 0.909 bits per heavy atom. The highest BCUT2D eigenvalue weighted by molar-refractivity contribution is 8.00. The molecule has 0 heterocycles. The Balaban J connectivity index is 1.64. The lowest BCUT2D eigenvalue weighted by Gasteiger charge is -2.12. The molecule has 2 aromatic rings. The van der Waals surface area contributed by atoms with E-state index in [9.17, 15) is 23.1 Å². The number of hydrogen-bond donors (Lipinski definition) is 5. The van der Waals surface area contributed by atoms with Gasteiger partial charge in [0.1, 0.15) is 0 Å². The maximum Gasteiger partial charge on any atom is 0.337 e.